The van der Waals surface area contributed by atoms with Crippen molar-refractivity contribution in [2.75, 3.05) is 20.7 Å². The lowest BCUT2D eigenvalue weighted by Gasteiger charge is -2.48. The Morgan fingerprint density at radius 1 is 0.956 bits per heavy atom. The fourth-order valence-corrected chi connectivity index (χ4v) is 9.72. The summed E-state index contributed by atoms with van der Waals surface area (Å²) in [5.74, 6) is -6.48. The minimum atomic E-state index is -1.84. The molecule has 1 aromatic carbocycles. The van der Waals surface area contributed by atoms with Gasteiger partial charge in [-0.25, -0.2) is 19.6 Å². The first-order valence-electron chi connectivity index (χ1n) is 23.5. The highest BCUT2D eigenvalue weighted by atomic mass is 16.8. The molecule has 2 aromatic rings. The molecule has 5 rings (SSSR count). The fourth-order valence-electron chi connectivity index (χ4n) is 9.72. The Morgan fingerprint density at radius 3 is 2.22 bits per heavy atom. The summed E-state index contributed by atoms with van der Waals surface area (Å²) < 4.78 is 49.6. The lowest BCUT2D eigenvalue weighted by atomic mass is 9.73. The summed E-state index contributed by atoms with van der Waals surface area (Å²) in [6, 6.07) is 7.86. The highest BCUT2D eigenvalue weighted by molar-refractivity contribution is 5.85. The topological polar surface area (TPSA) is 217 Å². The molecule has 0 saturated carbocycles. The molecular formula is C50H70N4O14. The molecule has 18 heteroatoms. The van der Waals surface area contributed by atoms with Crippen LogP contribution in [-0.2, 0) is 57.1 Å². The van der Waals surface area contributed by atoms with E-state index in [1.165, 1.54) is 6.92 Å². The average Bonchev–Trinajstić information content (AvgIpc) is 3.60. The Morgan fingerprint density at radius 2 is 1.62 bits per heavy atom. The van der Waals surface area contributed by atoms with Gasteiger partial charge in [-0.1, -0.05) is 71.9 Å². The highest BCUT2D eigenvalue weighted by Gasteiger charge is 2.58. The molecule has 4 heterocycles. The van der Waals surface area contributed by atoms with E-state index in [9.17, 15) is 28.8 Å². The number of ether oxygens (including phenoxy) is 8. The van der Waals surface area contributed by atoms with E-state index in [0.717, 1.165) is 11.1 Å². The number of Topliss-reactive ketones (excluding diaryl/α,β-unsaturated/α-hetero) is 1. The first kappa shape index (κ1) is 53.5. The zero-order valence-electron chi connectivity index (χ0n) is 41.6. The number of nitrogens with zero attached hydrogens (tertiary/aromatic N) is 3. The number of fused-ring (bicyclic) bond motifs is 1. The summed E-state index contributed by atoms with van der Waals surface area (Å²) in [6.07, 6.45) is -1.18. The van der Waals surface area contributed by atoms with E-state index in [1.807, 2.05) is 50.2 Å². The molecule has 0 aliphatic carbocycles. The van der Waals surface area contributed by atoms with E-state index in [1.54, 1.807) is 92.9 Å². The third kappa shape index (κ3) is 12.6. The predicted octanol–water partition coefficient (Wildman–Crippen LogP) is 6.72. The first-order chi connectivity index (χ1) is 32.0. The molecule has 3 fully saturated rings. The molecular weight excluding hydrogens is 881 g/mol. The van der Waals surface area contributed by atoms with Gasteiger partial charge in [-0.3, -0.25) is 19.2 Å². The molecule has 1 aromatic heterocycles. The van der Waals surface area contributed by atoms with Crippen LogP contribution in [0.2, 0.25) is 0 Å². The van der Waals surface area contributed by atoms with E-state index in [2.05, 4.69) is 15.3 Å². The maximum absolute atomic E-state index is 14.7. The molecule has 0 bridgehead atoms. The van der Waals surface area contributed by atoms with Gasteiger partial charge < -0.3 is 48.1 Å². The van der Waals surface area contributed by atoms with Crippen LogP contribution in [0.1, 0.15) is 101 Å². The van der Waals surface area contributed by atoms with Crippen LogP contribution < -0.4 is 5.32 Å². The van der Waals surface area contributed by atoms with Crippen LogP contribution in [0, 0.1) is 29.6 Å². The number of likely N-dealkylation sites (N-methyl/N-ethyl adjacent to an activating group) is 1. The second kappa shape index (κ2) is 22.8. The molecule has 0 unspecified atom stereocenters. The summed E-state index contributed by atoms with van der Waals surface area (Å²) in [7, 11) is 3.67. The van der Waals surface area contributed by atoms with Crippen LogP contribution in [-0.4, -0.2) is 132 Å². The van der Waals surface area contributed by atoms with Crippen molar-refractivity contribution in [1.82, 2.24) is 20.2 Å². The van der Waals surface area contributed by atoms with Crippen LogP contribution in [0.25, 0.3) is 17.5 Å². The molecule has 1 amide bonds. The number of carbonyl (C=O) groups is 6. The van der Waals surface area contributed by atoms with Crippen molar-refractivity contribution < 1.29 is 66.7 Å². The molecule has 68 heavy (non-hydrogen) atoms. The first-order valence-corrected chi connectivity index (χ1v) is 23.5. The van der Waals surface area contributed by atoms with Gasteiger partial charge >= 0.3 is 30.2 Å². The van der Waals surface area contributed by atoms with Gasteiger partial charge in [-0.15, -0.1) is 0 Å². The van der Waals surface area contributed by atoms with Gasteiger partial charge in [0, 0.05) is 42.6 Å². The van der Waals surface area contributed by atoms with Crippen molar-refractivity contribution >= 4 is 42.0 Å². The van der Waals surface area contributed by atoms with Crippen molar-refractivity contribution in [3.63, 3.8) is 0 Å². The predicted molar refractivity (Wildman–Crippen MR) is 247 cm³/mol. The van der Waals surface area contributed by atoms with Gasteiger partial charge in [0.15, 0.2) is 23.8 Å². The Kier molecular flexibility index (Phi) is 17.9. The molecule has 1 N–H and O–H groups in total. The van der Waals surface area contributed by atoms with Crippen molar-refractivity contribution in [1.29, 1.82) is 0 Å². The normalized spacial score (nSPS) is 33.7. The van der Waals surface area contributed by atoms with E-state index in [0.29, 0.717) is 12.2 Å². The monoisotopic (exact) mass is 950 g/mol. The minimum absolute atomic E-state index is 0.204. The Labute approximate surface area is 399 Å². The smallest absolute Gasteiger partial charge is 0.461 e. The summed E-state index contributed by atoms with van der Waals surface area (Å²) >= 11 is 0. The maximum atomic E-state index is 14.7. The lowest BCUT2D eigenvalue weighted by molar-refractivity contribution is -0.302. The minimum Gasteiger partial charge on any atom is -0.461 e. The van der Waals surface area contributed by atoms with Crippen LogP contribution in [0.3, 0.4) is 0 Å². The number of cyclic esters (lactones) is 1. The lowest BCUT2D eigenvalue weighted by Crippen LogP contribution is -2.61. The number of hydrogen-bond donors (Lipinski definition) is 1. The Bertz CT molecular complexity index is 2120. The van der Waals surface area contributed by atoms with Gasteiger partial charge in [0.2, 0.25) is 0 Å². The van der Waals surface area contributed by atoms with E-state index < -0.39 is 120 Å². The van der Waals surface area contributed by atoms with Gasteiger partial charge in [-0.05, 0) is 78.8 Å². The van der Waals surface area contributed by atoms with E-state index >= 15 is 0 Å². The number of ketones is 1. The molecule has 3 aliphatic heterocycles. The van der Waals surface area contributed by atoms with Crippen LogP contribution in [0.5, 0.6) is 0 Å². The summed E-state index contributed by atoms with van der Waals surface area (Å²) in [5, 5.41) is 2.78. The largest absolute Gasteiger partial charge is 0.509 e. The van der Waals surface area contributed by atoms with Crippen LogP contribution in [0.15, 0.2) is 48.8 Å². The van der Waals surface area contributed by atoms with Gasteiger partial charge in [-0.2, -0.15) is 0 Å². The number of carbonyl (C=O) groups excluding carboxylic acids is 6. The average molecular weight is 951 g/mol. The van der Waals surface area contributed by atoms with Gasteiger partial charge in [0.1, 0.15) is 36.3 Å². The maximum Gasteiger partial charge on any atom is 0.509 e. The third-order valence-electron chi connectivity index (χ3n) is 13.3. The van der Waals surface area contributed by atoms with Crippen LogP contribution in [0.4, 0.5) is 9.59 Å². The van der Waals surface area contributed by atoms with Gasteiger partial charge in [0.25, 0.3) is 0 Å². The second-order valence-corrected chi connectivity index (χ2v) is 19.3. The molecule has 0 radical (unpaired) electrons. The molecule has 374 valence electrons. The fraction of sp³-hybridized carbons (Fsp3) is 0.640. The second-order valence-electron chi connectivity index (χ2n) is 19.3. The molecule has 0 spiro atoms. The number of hydrogen-bond acceptors (Lipinski definition) is 17. The number of nitrogens with one attached hydrogen (secondary N) is 1. The van der Waals surface area contributed by atoms with E-state index in [-0.39, 0.29) is 25.2 Å². The zero-order valence-corrected chi connectivity index (χ0v) is 41.6. The Balaban J connectivity index is 1.60. The number of esters is 3. The highest BCUT2D eigenvalue weighted by Crippen LogP contribution is 2.42. The number of alkyl carbamates (subject to hydrolysis) is 1. The molecule has 14 atom stereocenters. The zero-order chi connectivity index (χ0) is 50.2. The van der Waals surface area contributed by atoms with Crippen molar-refractivity contribution in [3.05, 3.63) is 54.4 Å². The number of benzene rings is 1. The third-order valence-corrected chi connectivity index (χ3v) is 13.3. The standard InChI is InChI=1S/C50H70N4O14/c1-14-37-50(11)41(53-47(59)67-50)30(6)38(56)28(4)26-49(10,68-48(60)61-24-15-17-34-18-20-35(21-19-34)43-51-22-16-23-52-43)42(31(7)39(32(8)45(58)64-37)65-44(57)27(2)3)66-46-40(63-33(9)55)36(54(12)13)25-29(5)62-46/h15-23,27-32,36-37,39-42,46H,14,24-26H2,1-13H3,(H,53,59)/t28-,29-,30+,31+,32-,36+,37-,39+,40-,41-,42-,46+,49-,50-/m1/s1. The summed E-state index contributed by atoms with van der Waals surface area (Å²) in [4.78, 5) is 93.1. The molecule has 18 nitrogen and oxygen atoms in total. The number of aromatic nitrogens is 2. The summed E-state index contributed by atoms with van der Waals surface area (Å²) in [6.45, 7) is 17.7. The number of amides is 1. The van der Waals surface area contributed by atoms with Crippen molar-refractivity contribution in [3.8, 4) is 11.4 Å². The van der Waals surface area contributed by atoms with Gasteiger partial charge in [0.05, 0.1) is 30.0 Å². The molecule has 3 aliphatic rings. The SMILES string of the molecule is CC[C@H]1OC(=O)[C@H](C)[C@@H](OC(=O)C(C)C)[C@H](C)[C@@H](O[C@@H]2O[C@H](C)C[C@H](N(C)C)[C@H]2OC(C)=O)[C@](C)(OC(=O)OCC=Cc2ccc(-c3ncccn3)cc2)C[C@@H](C)C(=O)[C@H](C)[C@H]2NC(=O)O[C@@]21C. The number of rotatable bonds is 12. The van der Waals surface area contributed by atoms with Crippen molar-refractivity contribution in [2.24, 2.45) is 29.6 Å². The quantitative estimate of drug-likeness (QED) is 0.172. The molecule has 3 saturated heterocycles. The summed E-state index contributed by atoms with van der Waals surface area (Å²) in [5.41, 5.74) is -1.70. The van der Waals surface area contributed by atoms with Crippen molar-refractivity contribution in [2.45, 2.75) is 156 Å². The van der Waals surface area contributed by atoms with Crippen LogP contribution >= 0.6 is 0 Å². The Hall–Kier alpha value is -5.46. The van der Waals surface area contributed by atoms with E-state index in [4.69, 9.17) is 37.9 Å².